The highest BCUT2D eigenvalue weighted by molar-refractivity contribution is 6.18. The summed E-state index contributed by atoms with van der Waals surface area (Å²) in [5.41, 5.74) is 1.26. The second-order valence-corrected chi connectivity index (χ2v) is 4.90. The van der Waals surface area contributed by atoms with E-state index in [4.69, 9.17) is 16.3 Å². The Labute approximate surface area is 109 Å². The molecule has 1 aromatic carbocycles. The van der Waals surface area contributed by atoms with E-state index in [9.17, 15) is 0 Å². The third kappa shape index (κ3) is 4.30. The molecular formula is C14H20ClNO. The van der Waals surface area contributed by atoms with Gasteiger partial charge in [-0.05, 0) is 18.4 Å². The Morgan fingerprint density at radius 2 is 1.88 bits per heavy atom. The largest absolute Gasteiger partial charge is 0.373 e. The molecule has 0 unspecified atom stereocenters. The molecule has 0 spiro atoms. The maximum absolute atomic E-state index is 5.94. The summed E-state index contributed by atoms with van der Waals surface area (Å²) in [6.45, 7) is 3.98. The SMILES string of the molecule is ClCCN1CCC(OCc2ccccc2)CC1. The summed E-state index contributed by atoms with van der Waals surface area (Å²) in [7, 11) is 0. The number of nitrogens with zero attached hydrogens (tertiary/aromatic N) is 1. The zero-order valence-corrected chi connectivity index (χ0v) is 10.9. The topological polar surface area (TPSA) is 12.5 Å². The number of likely N-dealkylation sites (tertiary alicyclic amines) is 1. The van der Waals surface area contributed by atoms with E-state index in [0.717, 1.165) is 45.0 Å². The summed E-state index contributed by atoms with van der Waals surface area (Å²) >= 11 is 5.74. The molecule has 1 aliphatic heterocycles. The molecule has 2 nitrogen and oxygen atoms in total. The lowest BCUT2D eigenvalue weighted by molar-refractivity contribution is -0.00131. The van der Waals surface area contributed by atoms with Crippen LogP contribution in [0, 0.1) is 0 Å². The average molecular weight is 254 g/mol. The van der Waals surface area contributed by atoms with Crippen molar-refractivity contribution in [2.75, 3.05) is 25.5 Å². The summed E-state index contributed by atoms with van der Waals surface area (Å²) in [5, 5.41) is 0. The van der Waals surface area contributed by atoms with Crippen molar-refractivity contribution in [3.63, 3.8) is 0 Å². The molecule has 0 amide bonds. The average Bonchev–Trinajstić information content (AvgIpc) is 2.40. The summed E-state index contributed by atoms with van der Waals surface area (Å²) < 4.78 is 5.94. The van der Waals surface area contributed by atoms with Gasteiger partial charge in [-0.1, -0.05) is 30.3 Å². The first kappa shape index (κ1) is 12.9. The first-order valence-corrected chi connectivity index (χ1v) is 6.86. The Bertz CT molecular complexity index is 309. The first-order valence-electron chi connectivity index (χ1n) is 6.32. The molecule has 1 heterocycles. The molecule has 0 saturated carbocycles. The zero-order chi connectivity index (χ0) is 11.9. The van der Waals surface area contributed by atoms with E-state index in [2.05, 4.69) is 29.2 Å². The standard InChI is InChI=1S/C14H20ClNO/c15-8-11-16-9-6-14(7-10-16)17-12-13-4-2-1-3-5-13/h1-5,14H,6-12H2. The molecule has 1 fully saturated rings. The summed E-state index contributed by atoms with van der Waals surface area (Å²) in [5.74, 6) is 0.732. The van der Waals surface area contributed by atoms with Crippen LogP contribution < -0.4 is 0 Å². The van der Waals surface area contributed by atoms with Crippen molar-refractivity contribution in [3.8, 4) is 0 Å². The van der Waals surface area contributed by atoms with Crippen molar-refractivity contribution < 1.29 is 4.74 Å². The number of piperidine rings is 1. The van der Waals surface area contributed by atoms with Gasteiger partial charge in [-0.25, -0.2) is 0 Å². The van der Waals surface area contributed by atoms with Crippen LogP contribution in [0.1, 0.15) is 18.4 Å². The highest BCUT2D eigenvalue weighted by Gasteiger charge is 2.18. The summed E-state index contributed by atoms with van der Waals surface area (Å²) in [4.78, 5) is 2.41. The van der Waals surface area contributed by atoms with Gasteiger partial charge in [0, 0.05) is 25.5 Å². The summed E-state index contributed by atoms with van der Waals surface area (Å²) in [6.07, 6.45) is 2.68. The summed E-state index contributed by atoms with van der Waals surface area (Å²) in [6, 6.07) is 10.4. The molecule has 0 bridgehead atoms. The molecule has 0 aromatic heterocycles. The van der Waals surface area contributed by atoms with Crippen molar-refractivity contribution in [3.05, 3.63) is 35.9 Å². The van der Waals surface area contributed by atoms with Crippen LogP contribution in [0.25, 0.3) is 0 Å². The number of rotatable bonds is 5. The maximum Gasteiger partial charge on any atom is 0.0720 e. The molecule has 17 heavy (non-hydrogen) atoms. The van der Waals surface area contributed by atoms with E-state index in [1.54, 1.807) is 0 Å². The smallest absolute Gasteiger partial charge is 0.0720 e. The van der Waals surface area contributed by atoms with Crippen LogP contribution in [0.5, 0.6) is 0 Å². The minimum atomic E-state index is 0.418. The fraction of sp³-hybridized carbons (Fsp3) is 0.571. The predicted molar refractivity (Wildman–Crippen MR) is 71.4 cm³/mol. The van der Waals surface area contributed by atoms with Crippen molar-refractivity contribution in [2.24, 2.45) is 0 Å². The Morgan fingerprint density at radius 3 is 2.53 bits per heavy atom. The van der Waals surface area contributed by atoms with E-state index in [-0.39, 0.29) is 0 Å². The van der Waals surface area contributed by atoms with Gasteiger partial charge in [0.05, 0.1) is 12.7 Å². The van der Waals surface area contributed by atoms with Crippen molar-refractivity contribution in [1.82, 2.24) is 4.90 Å². The van der Waals surface area contributed by atoms with Gasteiger partial charge in [-0.15, -0.1) is 11.6 Å². The quantitative estimate of drug-likeness (QED) is 0.749. The molecule has 0 radical (unpaired) electrons. The molecule has 1 aliphatic rings. The van der Waals surface area contributed by atoms with Gasteiger partial charge >= 0.3 is 0 Å². The predicted octanol–water partition coefficient (Wildman–Crippen LogP) is 2.91. The number of alkyl halides is 1. The van der Waals surface area contributed by atoms with Crippen molar-refractivity contribution >= 4 is 11.6 Å². The van der Waals surface area contributed by atoms with E-state index >= 15 is 0 Å². The molecule has 0 N–H and O–H groups in total. The molecular weight excluding hydrogens is 234 g/mol. The number of ether oxygens (including phenoxy) is 1. The van der Waals surface area contributed by atoms with Gasteiger partial charge in [-0.2, -0.15) is 0 Å². The third-order valence-corrected chi connectivity index (χ3v) is 3.43. The lowest BCUT2D eigenvalue weighted by Gasteiger charge is -2.31. The fourth-order valence-corrected chi connectivity index (χ4v) is 2.45. The maximum atomic E-state index is 5.94. The van der Waals surface area contributed by atoms with Gasteiger partial charge in [0.25, 0.3) is 0 Å². The van der Waals surface area contributed by atoms with Gasteiger partial charge in [0.1, 0.15) is 0 Å². The van der Waals surface area contributed by atoms with Crippen LogP contribution in [0.3, 0.4) is 0 Å². The second-order valence-electron chi connectivity index (χ2n) is 4.53. The Balaban J connectivity index is 1.68. The second kappa shape index (κ2) is 7.00. The van der Waals surface area contributed by atoms with Gasteiger partial charge in [-0.3, -0.25) is 0 Å². The minimum absolute atomic E-state index is 0.418. The van der Waals surface area contributed by atoms with E-state index in [0.29, 0.717) is 6.10 Å². The lowest BCUT2D eigenvalue weighted by atomic mass is 10.1. The normalized spacial score (nSPS) is 18.4. The lowest BCUT2D eigenvalue weighted by Crippen LogP contribution is -2.37. The minimum Gasteiger partial charge on any atom is -0.373 e. The van der Waals surface area contributed by atoms with Crippen molar-refractivity contribution in [1.29, 1.82) is 0 Å². The van der Waals surface area contributed by atoms with E-state index in [1.807, 2.05) is 6.07 Å². The fourth-order valence-electron chi connectivity index (χ4n) is 2.21. The Hall–Kier alpha value is -0.570. The molecule has 1 aromatic rings. The van der Waals surface area contributed by atoms with Crippen LogP contribution in [0.15, 0.2) is 30.3 Å². The van der Waals surface area contributed by atoms with Gasteiger partial charge < -0.3 is 9.64 Å². The molecule has 3 heteroatoms. The number of hydrogen-bond acceptors (Lipinski definition) is 2. The third-order valence-electron chi connectivity index (χ3n) is 3.26. The van der Waals surface area contributed by atoms with Crippen LogP contribution in [-0.2, 0) is 11.3 Å². The first-order chi connectivity index (χ1) is 8.38. The van der Waals surface area contributed by atoms with Crippen LogP contribution >= 0.6 is 11.6 Å². The molecule has 2 rings (SSSR count). The number of halogens is 1. The number of hydrogen-bond donors (Lipinski definition) is 0. The number of benzene rings is 1. The van der Waals surface area contributed by atoms with Crippen LogP contribution in [-0.4, -0.2) is 36.5 Å². The van der Waals surface area contributed by atoms with Crippen molar-refractivity contribution in [2.45, 2.75) is 25.6 Å². The Morgan fingerprint density at radius 1 is 1.18 bits per heavy atom. The molecule has 0 aliphatic carbocycles. The zero-order valence-electron chi connectivity index (χ0n) is 10.1. The Kier molecular flexibility index (Phi) is 5.30. The highest BCUT2D eigenvalue weighted by Crippen LogP contribution is 2.15. The van der Waals surface area contributed by atoms with Crippen LogP contribution in [0.4, 0.5) is 0 Å². The highest BCUT2D eigenvalue weighted by atomic mass is 35.5. The molecule has 94 valence electrons. The van der Waals surface area contributed by atoms with Gasteiger partial charge in [0.2, 0.25) is 0 Å². The van der Waals surface area contributed by atoms with E-state index < -0.39 is 0 Å². The van der Waals surface area contributed by atoms with Gasteiger partial charge in [0.15, 0.2) is 0 Å². The monoisotopic (exact) mass is 253 g/mol. The molecule has 1 saturated heterocycles. The van der Waals surface area contributed by atoms with Crippen LogP contribution in [0.2, 0.25) is 0 Å². The van der Waals surface area contributed by atoms with E-state index in [1.165, 1.54) is 5.56 Å². The molecule has 0 atom stereocenters.